The van der Waals surface area contributed by atoms with E-state index < -0.39 is 5.97 Å². The largest absolute Gasteiger partial charge is 0.481 e. The zero-order valence-corrected chi connectivity index (χ0v) is 18.1. The van der Waals surface area contributed by atoms with Gasteiger partial charge in [0.1, 0.15) is 6.26 Å². The molecule has 7 heteroatoms. The number of aromatic nitrogens is 1. The third-order valence-corrected chi connectivity index (χ3v) is 6.68. The highest BCUT2D eigenvalue weighted by atomic mass is 16.5. The molecule has 4 atom stereocenters. The van der Waals surface area contributed by atoms with Crippen LogP contribution in [0.15, 0.2) is 34.9 Å². The average Bonchev–Trinajstić information content (AvgIpc) is 3.50. The molecule has 31 heavy (non-hydrogen) atoms. The van der Waals surface area contributed by atoms with E-state index in [-0.39, 0.29) is 36.4 Å². The van der Waals surface area contributed by atoms with Gasteiger partial charge < -0.3 is 19.2 Å². The number of carboxylic acids is 1. The number of rotatable bonds is 9. The number of hydrogen-bond acceptors (Lipinski definition) is 5. The number of carbonyl (C=O) groups is 2. The summed E-state index contributed by atoms with van der Waals surface area (Å²) >= 11 is 0. The van der Waals surface area contributed by atoms with E-state index in [1.807, 2.05) is 32.0 Å². The first-order valence-corrected chi connectivity index (χ1v) is 11.2. The van der Waals surface area contributed by atoms with Gasteiger partial charge in [0.15, 0.2) is 5.69 Å². The number of carbonyl (C=O) groups excluding carboxylic acids is 1. The predicted molar refractivity (Wildman–Crippen MR) is 114 cm³/mol. The Hall–Kier alpha value is -2.67. The molecular formula is C24H30N2O5. The van der Waals surface area contributed by atoms with Crippen molar-refractivity contribution in [3.63, 3.8) is 0 Å². The van der Waals surface area contributed by atoms with E-state index in [1.54, 1.807) is 4.90 Å². The maximum Gasteiger partial charge on any atom is 0.303 e. The maximum absolute atomic E-state index is 12.7. The molecule has 1 amide bonds. The molecule has 2 aliphatic rings. The standard InChI is InChI=1S/C24H30N2O5/c1-3-26(4-2)24(29)18-14-30-23(25-18)22-17(19-10-11-20(22)31-19)13-16-8-6-5-7-15(16)9-12-21(27)28/h5-8,14,17,19-20,22H,3-4,9-13H2,1-2H3,(H,27,28)/t17-,19-,20+,22-/m0/s1. The number of carboxylic acid groups (broad SMARTS) is 1. The Morgan fingerprint density at radius 1 is 1.13 bits per heavy atom. The number of nitrogens with zero attached hydrogens (tertiary/aromatic N) is 2. The second-order valence-corrected chi connectivity index (χ2v) is 8.39. The highest BCUT2D eigenvalue weighted by Gasteiger charge is 2.51. The van der Waals surface area contributed by atoms with Gasteiger partial charge in [-0.05, 0) is 50.7 Å². The Morgan fingerprint density at radius 3 is 2.55 bits per heavy atom. The van der Waals surface area contributed by atoms with Crippen molar-refractivity contribution >= 4 is 11.9 Å². The minimum atomic E-state index is -0.791. The third-order valence-electron chi connectivity index (χ3n) is 6.68. The Labute approximate surface area is 182 Å². The normalized spacial score (nSPS) is 24.5. The molecule has 0 aliphatic carbocycles. The van der Waals surface area contributed by atoms with Gasteiger partial charge in [0, 0.05) is 25.4 Å². The number of aliphatic carboxylic acids is 1. The number of ether oxygens (including phenoxy) is 1. The molecule has 0 spiro atoms. The van der Waals surface area contributed by atoms with Gasteiger partial charge in [-0.1, -0.05) is 24.3 Å². The van der Waals surface area contributed by atoms with Gasteiger partial charge in [-0.15, -0.1) is 0 Å². The van der Waals surface area contributed by atoms with Crippen molar-refractivity contribution in [1.29, 1.82) is 0 Å². The second kappa shape index (κ2) is 9.22. The van der Waals surface area contributed by atoms with Crippen molar-refractivity contribution in [1.82, 2.24) is 9.88 Å². The molecular weight excluding hydrogens is 396 g/mol. The van der Waals surface area contributed by atoms with Gasteiger partial charge in [-0.2, -0.15) is 0 Å². The average molecular weight is 427 g/mol. The van der Waals surface area contributed by atoms with Gasteiger partial charge in [0.05, 0.1) is 18.1 Å². The zero-order valence-electron chi connectivity index (χ0n) is 18.1. The minimum Gasteiger partial charge on any atom is -0.481 e. The van der Waals surface area contributed by atoms with Crippen molar-refractivity contribution in [2.45, 2.75) is 64.1 Å². The Bertz CT molecular complexity index is 936. The summed E-state index contributed by atoms with van der Waals surface area (Å²) in [5, 5.41) is 9.08. The summed E-state index contributed by atoms with van der Waals surface area (Å²) in [5.41, 5.74) is 2.57. The van der Waals surface area contributed by atoms with Crippen LogP contribution < -0.4 is 0 Å². The van der Waals surface area contributed by atoms with Crippen molar-refractivity contribution < 1.29 is 23.8 Å². The number of oxazole rings is 1. The van der Waals surface area contributed by atoms with Crippen molar-refractivity contribution in [3.05, 3.63) is 53.2 Å². The quantitative estimate of drug-likeness (QED) is 0.658. The molecule has 2 aromatic rings. The summed E-state index contributed by atoms with van der Waals surface area (Å²) in [4.78, 5) is 30.0. The fourth-order valence-corrected chi connectivity index (χ4v) is 5.08. The van der Waals surface area contributed by atoms with Gasteiger partial charge in [0.2, 0.25) is 5.89 Å². The summed E-state index contributed by atoms with van der Waals surface area (Å²) < 4.78 is 12.1. The molecule has 4 rings (SSSR count). The second-order valence-electron chi connectivity index (χ2n) is 8.39. The van der Waals surface area contributed by atoms with E-state index in [0.717, 1.165) is 30.4 Å². The molecule has 0 unspecified atom stereocenters. The lowest BCUT2D eigenvalue weighted by Gasteiger charge is -2.26. The Kier molecular flexibility index (Phi) is 6.41. The summed E-state index contributed by atoms with van der Waals surface area (Å²) in [7, 11) is 0. The van der Waals surface area contributed by atoms with E-state index in [4.69, 9.17) is 14.3 Å². The summed E-state index contributed by atoms with van der Waals surface area (Å²) in [6, 6.07) is 8.03. The SMILES string of the molecule is CCN(CC)C(=O)c1coc([C@H]2[C@@H](Cc3ccccc3CCC(=O)O)[C@@H]3CC[C@H]2O3)n1. The lowest BCUT2D eigenvalue weighted by Crippen LogP contribution is -2.31. The van der Waals surface area contributed by atoms with Crippen LogP contribution in [0.1, 0.15) is 66.5 Å². The fourth-order valence-electron chi connectivity index (χ4n) is 5.08. The lowest BCUT2D eigenvalue weighted by molar-refractivity contribution is -0.136. The molecule has 1 N–H and O–H groups in total. The van der Waals surface area contributed by atoms with Crippen LogP contribution in [0.4, 0.5) is 0 Å². The van der Waals surface area contributed by atoms with Crippen LogP contribution in [-0.4, -0.2) is 52.2 Å². The van der Waals surface area contributed by atoms with Crippen LogP contribution in [0, 0.1) is 5.92 Å². The molecule has 2 fully saturated rings. The van der Waals surface area contributed by atoms with Crippen LogP contribution in [-0.2, 0) is 22.4 Å². The van der Waals surface area contributed by atoms with Crippen LogP contribution in [0.25, 0.3) is 0 Å². The summed E-state index contributed by atoms with van der Waals surface area (Å²) in [5.74, 6) is -0.124. The first-order valence-electron chi connectivity index (χ1n) is 11.2. The van der Waals surface area contributed by atoms with Gasteiger partial charge in [0.25, 0.3) is 5.91 Å². The smallest absolute Gasteiger partial charge is 0.303 e. The molecule has 1 aromatic heterocycles. The van der Waals surface area contributed by atoms with Crippen LogP contribution >= 0.6 is 0 Å². The molecule has 0 saturated carbocycles. The van der Waals surface area contributed by atoms with Crippen molar-refractivity contribution in [2.75, 3.05) is 13.1 Å². The Balaban J connectivity index is 1.56. The highest BCUT2D eigenvalue weighted by Crippen LogP contribution is 2.50. The van der Waals surface area contributed by atoms with E-state index in [2.05, 4.69) is 11.1 Å². The molecule has 3 heterocycles. The van der Waals surface area contributed by atoms with E-state index in [9.17, 15) is 9.59 Å². The molecule has 2 aliphatic heterocycles. The van der Waals surface area contributed by atoms with Crippen LogP contribution in [0.3, 0.4) is 0 Å². The van der Waals surface area contributed by atoms with E-state index in [1.165, 1.54) is 6.26 Å². The van der Waals surface area contributed by atoms with Crippen molar-refractivity contribution in [2.24, 2.45) is 5.92 Å². The number of amides is 1. The lowest BCUT2D eigenvalue weighted by atomic mass is 9.75. The predicted octanol–water partition coefficient (Wildman–Crippen LogP) is 3.68. The van der Waals surface area contributed by atoms with Gasteiger partial charge in [-0.3, -0.25) is 9.59 Å². The zero-order chi connectivity index (χ0) is 22.0. The van der Waals surface area contributed by atoms with Crippen LogP contribution in [0.5, 0.6) is 0 Å². The summed E-state index contributed by atoms with van der Waals surface area (Å²) in [6.07, 6.45) is 5.04. The van der Waals surface area contributed by atoms with Gasteiger partial charge in [-0.25, -0.2) is 4.98 Å². The monoisotopic (exact) mass is 426 g/mol. The molecule has 7 nitrogen and oxygen atoms in total. The minimum absolute atomic E-state index is 0.00420. The first kappa shape index (κ1) is 21.6. The molecule has 1 aromatic carbocycles. The molecule has 0 radical (unpaired) electrons. The van der Waals surface area contributed by atoms with Gasteiger partial charge >= 0.3 is 5.97 Å². The highest BCUT2D eigenvalue weighted by molar-refractivity contribution is 5.91. The first-order chi connectivity index (χ1) is 15.0. The van der Waals surface area contributed by atoms with Crippen molar-refractivity contribution in [3.8, 4) is 0 Å². The number of aryl methyl sites for hydroxylation is 1. The summed E-state index contributed by atoms with van der Waals surface area (Å²) in [6.45, 7) is 5.16. The molecule has 166 valence electrons. The van der Waals surface area contributed by atoms with E-state index in [0.29, 0.717) is 31.1 Å². The third kappa shape index (κ3) is 4.37. The molecule has 2 saturated heterocycles. The topological polar surface area (TPSA) is 92.9 Å². The van der Waals surface area contributed by atoms with E-state index >= 15 is 0 Å². The molecule has 2 bridgehead atoms. The number of fused-ring (bicyclic) bond motifs is 2. The number of benzene rings is 1. The fraction of sp³-hybridized carbons (Fsp3) is 0.542. The maximum atomic E-state index is 12.7. The van der Waals surface area contributed by atoms with Crippen LogP contribution in [0.2, 0.25) is 0 Å². The Morgan fingerprint density at radius 2 is 1.84 bits per heavy atom. The number of hydrogen-bond donors (Lipinski definition) is 1.